The van der Waals surface area contributed by atoms with E-state index in [-0.39, 0.29) is 5.91 Å². The normalized spacial score (nSPS) is 14.5. The van der Waals surface area contributed by atoms with E-state index in [1.807, 2.05) is 30.3 Å². The van der Waals surface area contributed by atoms with Crippen LogP contribution in [0, 0.1) is 0 Å². The van der Waals surface area contributed by atoms with Crippen molar-refractivity contribution in [2.24, 2.45) is 0 Å². The van der Waals surface area contributed by atoms with Gasteiger partial charge >= 0.3 is 0 Å². The first-order chi connectivity index (χ1) is 12.3. The largest absolute Gasteiger partial charge is 0.357 e. The summed E-state index contributed by atoms with van der Waals surface area (Å²) < 4.78 is 0. The predicted octanol–water partition coefficient (Wildman–Crippen LogP) is 3.27. The van der Waals surface area contributed by atoms with Crippen molar-refractivity contribution in [1.82, 2.24) is 15.0 Å². The molecular formula is C19H19N5O. The van der Waals surface area contributed by atoms with E-state index in [1.54, 1.807) is 12.3 Å². The molecule has 0 aliphatic carbocycles. The minimum Gasteiger partial charge on any atom is -0.357 e. The molecule has 6 heteroatoms. The van der Waals surface area contributed by atoms with Crippen molar-refractivity contribution < 1.29 is 4.79 Å². The summed E-state index contributed by atoms with van der Waals surface area (Å²) in [6.07, 6.45) is 6.69. The second-order valence-electron chi connectivity index (χ2n) is 6.18. The Morgan fingerprint density at radius 3 is 2.72 bits per heavy atom. The lowest BCUT2D eigenvalue weighted by atomic mass is 10.1. The van der Waals surface area contributed by atoms with Crippen LogP contribution in [0.3, 0.4) is 0 Å². The number of nitrogens with zero attached hydrogens (tertiary/aromatic N) is 4. The van der Waals surface area contributed by atoms with Gasteiger partial charge in [0.25, 0.3) is 5.91 Å². The predicted molar refractivity (Wildman–Crippen MR) is 97.8 cm³/mol. The molecule has 0 saturated carbocycles. The van der Waals surface area contributed by atoms with Gasteiger partial charge in [0.05, 0.1) is 17.4 Å². The molecule has 2 aromatic heterocycles. The number of carbonyl (C=O) groups excluding carboxylic acids is 1. The summed E-state index contributed by atoms with van der Waals surface area (Å²) in [4.78, 5) is 27.5. The minimum atomic E-state index is -0.252. The van der Waals surface area contributed by atoms with E-state index in [1.165, 1.54) is 12.7 Å². The Balaban J connectivity index is 1.53. The number of amides is 1. The van der Waals surface area contributed by atoms with Crippen LogP contribution in [0.25, 0.3) is 10.9 Å². The highest BCUT2D eigenvalue weighted by atomic mass is 16.1. The van der Waals surface area contributed by atoms with Crippen LogP contribution in [0.2, 0.25) is 0 Å². The summed E-state index contributed by atoms with van der Waals surface area (Å²) in [5, 5.41) is 3.85. The lowest BCUT2D eigenvalue weighted by molar-refractivity contribution is 0.102. The van der Waals surface area contributed by atoms with E-state index in [4.69, 9.17) is 0 Å². The number of pyridine rings is 1. The van der Waals surface area contributed by atoms with Crippen molar-refractivity contribution in [1.29, 1.82) is 0 Å². The number of fused-ring (bicyclic) bond motifs is 1. The van der Waals surface area contributed by atoms with E-state index in [0.717, 1.165) is 42.7 Å². The van der Waals surface area contributed by atoms with Crippen LogP contribution >= 0.6 is 0 Å². The zero-order valence-corrected chi connectivity index (χ0v) is 13.9. The molecule has 3 aromatic rings. The van der Waals surface area contributed by atoms with Gasteiger partial charge in [-0.3, -0.25) is 9.78 Å². The number of hydrogen-bond acceptors (Lipinski definition) is 5. The number of para-hydroxylation sites is 1. The van der Waals surface area contributed by atoms with Gasteiger partial charge in [0.2, 0.25) is 0 Å². The number of nitrogens with one attached hydrogen (secondary N) is 1. The number of piperidine rings is 1. The van der Waals surface area contributed by atoms with Crippen molar-refractivity contribution in [2.45, 2.75) is 19.3 Å². The van der Waals surface area contributed by atoms with E-state index >= 15 is 0 Å². The maximum absolute atomic E-state index is 12.5. The van der Waals surface area contributed by atoms with Crippen molar-refractivity contribution in [3.8, 4) is 0 Å². The highest BCUT2D eigenvalue weighted by Gasteiger charge is 2.15. The van der Waals surface area contributed by atoms with Gasteiger partial charge in [-0.05, 0) is 31.4 Å². The van der Waals surface area contributed by atoms with E-state index in [2.05, 4.69) is 25.2 Å². The summed E-state index contributed by atoms with van der Waals surface area (Å²) in [5.74, 6) is 0.564. The average molecular weight is 333 g/mol. The van der Waals surface area contributed by atoms with E-state index < -0.39 is 0 Å². The molecule has 6 nitrogen and oxygen atoms in total. The van der Waals surface area contributed by atoms with Gasteiger partial charge in [-0.25, -0.2) is 9.97 Å². The Morgan fingerprint density at radius 1 is 1.00 bits per heavy atom. The molecule has 1 N–H and O–H groups in total. The number of rotatable bonds is 3. The number of benzene rings is 1. The second kappa shape index (κ2) is 6.84. The Hall–Kier alpha value is -3.02. The maximum atomic E-state index is 12.5. The monoisotopic (exact) mass is 333 g/mol. The zero-order chi connectivity index (χ0) is 17.1. The summed E-state index contributed by atoms with van der Waals surface area (Å²) >= 11 is 0. The second-order valence-corrected chi connectivity index (χ2v) is 6.18. The van der Waals surface area contributed by atoms with Crippen molar-refractivity contribution in [3.05, 3.63) is 54.6 Å². The smallest absolute Gasteiger partial charge is 0.274 e. The summed E-state index contributed by atoms with van der Waals surface area (Å²) in [5.41, 5.74) is 1.92. The van der Waals surface area contributed by atoms with Gasteiger partial charge in [0.1, 0.15) is 17.8 Å². The number of anilines is 2. The Labute approximate surface area is 145 Å². The third-order valence-corrected chi connectivity index (χ3v) is 4.41. The Bertz CT molecular complexity index is 905. The van der Waals surface area contributed by atoms with E-state index in [0.29, 0.717) is 11.4 Å². The third kappa shape index (κ3) is 3.42. The first-order valence-corrected chi connectivity index (χ1v) is 8.53. The number of hydrogen-bond donors (Lipinski definition) is 1. The Morgan fingerprint density at radius 2 is 1.84 bits per heavy atom. The van der Waals surface area contributed by atoms with Gasteiger partial charge in [-0.15, -0.1) is 0 Å². The first kappa shape index (κ1) is 15.5. The molecule has 0 bridgehead atoms. The molecule has 126 valence electrons. The SMILES string of the molecule is O=C(Nc1cnc2ccccc2c1)c1cc(N2CCCCC2)ncn1. The van der Waals surface area contributed by atoms with Gasteiger partial charge in [-0.1, -0.05) is 18.2 Å². The van der Waals surface area contributed by atoms with Gasteiger partial charge in [0, 0.05) is 24.5 Å². The lowest BCUT2D eigenvalue weighted by Gasteiger charge is -2.27. The standard InChI is InChI=1S/C19H19N5O/c25-19(23-15-10-14-6-2-3-7-16(14)20-12-15)17-11-18(22-13-21-17)24-8-4-1-5-9-24/h2-3,6-7,10-13H,1,4-5,8-9H2,(H,23,25). The molecule has 1 aliphatic heterocycles. The summed E-state index contributed by atoms with van der Waals surface area (Å²) in [6, 6.07) is 11.5. The fourth-order valence-corrected chi connectivity index (χ4v) is 3.10. The molecule has 25 heavy (non-hydrogen) atoms. The topological polar surface area (TPSA) is 71.0 Å². The summed E-state index contributed by atoms with van der Waals surface area (Å²) in [7, 11) is 0. The van der Waals surface area contributed by atoms with Crippen LogP contribution in [-0.4, -0.2) is 33.9 Å². The molecule has 0 spiro atoms. The quantitative estimate of drug-likeness (QED) is 0.796. The van der Waals surface area contributed by atoms with Crippen LogP contribution < -0.4 is 10.2 Å². The molecule has 1 aromatic carbocycles. The molecule has 3 heterocycles. The highest BCUT2D eigenvalue weighted by molar-refractivity contribution is 6.03. The number of carbonyl (C=O) groups is 1. The zero-order valence-electron chi connectivity index (χ0n) is 13.9. The molecule has 0 unspecified atom stereocenters. The van der Waals surface area contributed by atoms with Gasteiger partial charge < -0.3 is 10.2 Å². The lowest BCUT2D eigenvalue weighted by Crippen LogP contribution is -2.30. The minimum absolute atomic E-state index is 0.252. The number of aromatic nitrogens is 3. The molecule has 1 fully saturated rings. The van der Waals surface area contributed by atoms with Gasteiger partial charge in [-0.2, -0.15) is 0 Å². The van der Waals surface area contributed by atoms with Crippen LogP contribution in [0.1, 0.15) is 29.8 Å². The van der Waals surface area contributed by atoms with Crippen molar-refractivity contribution in [3.63, 3.8) is 0 Å². The maximum Gasteiger partial charge on any atom is 0.274 e. The molecule has 4 rings (SSSR count). The average Bonchev–Trinajstić information content (AvgIpc) is 2.69. The van der Waals surface area contributed by atoms with E-state index in [9.17, 15) is 4.79 Å². The third-order valence-electron chi connectivity index (χ3n) is 4.41. The van der Waals surface area contributed by atoms with Crippen LogP contribution in [0.15, 0.2) is 48.9 Å². The van der Waals surface area contributed by atoms with Crippen molar-refractivity contribution in [2.75, 3.05) is 23.3 Å². The first-order valence-electron chi connectivity index (χ1n) is 8.53. The molecule has 0 radical (unpaired) electrons. The van der Waals surface area contributed by atoms with Crippen LogP contribution in [-0.2, 0) is 0 Å². The molecule has 1 saturated heterocycles. The fourth-order valence-electron chi connectivity index (χ4n) is 3.10. The van der Waals surface area contributed by atoms with Crippen molar-refractivity contribution >= 4 is 28.3 Å². The van der Waals surface area contributed by atoms with Crippen LogP contribution in [0.5, 0.6) is 0 Å². The summed E-state index contributed by atoms with van der Waals surface area (Å²) in [6.45, 7) is 1.96. The fraction of sp³-hybridized carbons (Fsp3) is 0.263. The van der Waals surface area contributed by atoms with Gasteiger partial charge in [0.15, 0.2) is 0 Å². The molecule has 0 atom stereocenters. The highest BCUT2D eigenvalue weighted by Crippen LogP contribution is 2.19. The Kier molecular flexibility index (Phi) is 4.24. The van der Waals surface area contributed by atoms with Crippen LogP contribution in [0.4, 0.5) is 11.5 Å². The molecule has 1 aliphatic rings. The molecule has 1 amide bonds. The molecular weight excluding hydrogens is 314 g/mol.